The van der Waals surface area contributed by atoms with E-state index in [2.05, 4.69) is 54.8 Å². The van der Waals surface area contributed by atoms with Gasteiger partial charge in [0.05, 0.1) is 46.3 Å². The van der Waals surface area contributed by atoms with Crippen LogP contribution in [0.25, 0.3) is 66.9 Å². The van der Waals surface area contributed by atoms with Gasteiger partial charge in [0, 0.05) is 174 Å². The van der Waals surface area contributed by atoms with Crippen LogP contribution in [0.3, 0.4) is 0 Å². The third-order valence-electron chi connectivity index (χ3n) is 18.8. The third-order valence-corrected chi connectivity index (χ3v) is 18.8. The van der Waals surface area contributed by atoms with Crippen LogP contribution in [0.15, 0.2) is 180 Å². The molecule has 3 saturated heterocycles. The molecule has 12 heterocycles. The van der Waals surface area contributed by atoms with Gasteiger partial charge in [-0.05, 0) is 68.3 Å². The lowest BCUT2D eigenvalue weighted by Gasteiger charge is -2.34. The zero-order valence-corrected chi connectivity index (χ0v) is 57.8. The molecule has 3 aliphatic heterocycles. The first-order chi connectivity index (χ1) is 51.2. The van der Waals surface area contributed by atoms with Gasteiger partial charge in [-0.25, -0.2) is 19.9 Å². The standard InChI is InChI=1S/C26H24N6O4.2C25H22N6O4/c1-16-12-28-22(19-15-30(2)20(33)14-27-19)23-21(16)18(13-29-23)24(34)26(36)32-10-8-31(9-11-32)25(35)17-6-4-3-5-7-17;2*1-15-11-28-21(18-13-27-19(32)14-26-18)22-20(15)17(12-29-22)23(33)25(35)31-9-7-30(8-10-31)24(34)16-5-3-2-4-6-16/h3-7,12-15,29H,8-11H2,1-2H3;2*2-6,11-14,29H,7-10H2,1H3,(H,27,32)/p+1. The van der Waals surface area contributed by atoms with Gasteiger partial charge in [-0.15, -0.1) is 0 Å². The summed E-state index contributed by atoms with van der Waals surface area (Å²) < 4.78 is 1.42. The van der Waals surface area contributed by atoms with Crippen LogP contribution < -0.4 is 21.7 Å². The van der Waals surface area contributed by atoms with Crippen LogP contribution in [0.4, 0.5) is 0 Å². The SMILES string of the molecule is Cc1c[nH+]c(-c2cn(C)c(=O)cn2)c2[nH]cc(C(=O)C(=O)N3CCN(C(=O)c4ccccc4)CC3)c12.Cc1cnc(-c2c[nH]c(=O)cn2)c2[nH]cc(C(=O)C(=O)N3CCN(C(=O)c4ccccc4)CC3)c12.Cc1cnc(-c2c[nH]c(=O)cn2)c2[nH]cc(C(=O)C(=O)N3CCN(C(=O)c4ccccc4)CC3)c12. The number of rotatable bonds is 12. The lowest BCUT2D eigenvalue weighted by molar-refractivity contribution is -0.363. The molecule has 30 heteroatoms. The van der Waals surface area contributed by atoms with E-state index in [0.717, 1.165) is 29.1 Å². The van der Waals surface area contributed by atoms with E-state index in [1.54, 1.807) is 82.9 Å². The van der Waals surface area contributed by atoms with Gasteiger partial charge in [-0.1, -0.05) is 54.6 Å². The number of carbonyl (C=O) groups excluding carboxylic acids is 9. The Morgan fingerprint density at radius 2 is 0.698 bits per heavy atom. The van der Waals surface area contributed by atoms with Gasteiger partial charge in [0.25, 0.3) is 75.2 Å². The van der Waals surface area contributed by atoms with Crippen LogP contribution in [0.2, 0.25) is 0 Å². The topological polar surface area (TPSA) is 387 Å². The maximum Gasteiger partial charge on any atom is 0.295 e. The Labute approximate surface area is 601 Å². The summed E-state index contributed by atoms with van der Waals surface area (Å²) >= 11 is 0. The minimum absolute atomic E-state index is 0.0860. The monoisotopic (exact) mass is 1430 g/mol. The van der Waals surface area contributed by atoms with Crippen molar-refractivity contribution >= 4 is 85.5 Å². The average Bonchev–Trinajstić information content (AvgIpc) is 1.61. The molecule has 0 unspecified atom stereocenters. The zero-order valence-electron chi connectivity index (χ0n) is 57.8. The number of amides is 6. The third kappa shape index (κ3) is 14.4. The summed E-state index contributed by atoms with van der Waals surface area (Å²) in [4.78, 5) is 200. The van der Waals surface area contributed by atoms with E-state index < -0.39 is 35.1 Å². The summed E-state index contributed by atoms with van der Waals surface area (Å²) in [5, 5.41) is 1.79. The molecule has 6 amide bonds. The van der Waals surface area contributed by atoms with Crippen molar-refractivity contribution in [2.45, 2.75) is 20.8 Å². The second-order valence-electron chi connectivity index (χ2n) is 25.4. The largest absolute Gasteiger partial charge is 0.359 e. The molecular formula is C76H69N18O12+. The molecule has 6 N–H and O–H groups in total. The van der Waals surface area contributed by atoms with Gasteiger partial charge in [0.2, 0.25) is 0 Å². The van der Waals surface area contributed by atoms with E-state index in [4.69, 9.17) is 0 Å². The highest BCUT2D eigenvalue weighted by molar-refractivity contribution is 6.46. The van der Waals surface area contributed by atoms with Gasteiger partial charge in [-0.2, -0.15) is 0 Å². The second-order valence-corrected chi connectivity index (χ2v) is 25.4. The predicted octanol–water partition coefficient (Wildman–Crippen LogP) is 4.80. The van der Waals surface area contributed by atoms with Crippen LogP contribution in [0.1, 0.15) is 78.8 Å². The Hall–Kier alpha value is -13.8. The minimum Gasteiger partial charge on any atom is -0.359 e. The molecule has 0 spiro atoms. The number of hydrogen-bond donors (Lipinski definition) is 5. The Morgan fingerprint density at radius 3 is 1.04 bits per heavy atom. The summed E-state index contributed by atoms with van der Waals surface area (Å²) in [6.45, 7) is 9.26. The number of ketones is 3. The first-order valence-electron chi connectivity index (χ1n) is 33.9. The number of pyridine rings is 3. The average molecular weight is 1430 g/mol. The van der Waals surface area contributed by atoms with E-state index in [9.17, 15) is 57.5 Å². The number of carbonyl (C=O) groups is 9. The van der Waals surface area contributed by atoms with Crippen LogP contribution >= 0.6 is 0 Å². The van der Waals surface area contributed by atoms with Crippen molar-refractivity contribution in [2.24, 2.45) is 7.05 Å². The van der Waals surface area contributed by atoms with Crippen molar-refractivity contribution in [3.63, 3.8) is 0 Å². The predicted molar refractivity (Wildman–Crippen MR) is 387 cm³/mol. The molecule has 106 heavy (non-hydrogen) atoms. The first-order valence-corrected chi connectivity index (χ1v) is 33.9. The fourth-order valence-electron chi connectivity index (χ4n) is 13.1. The number of H-pyrrole nitrogens is 6. The van der Waals surface area contributed by atoms with Crippen molar-refractivity contribution in [1.82, 2.24) is 83.8 Å². The first kappa shape index (κ1) is 70.6. The molecule has 9 aromatic heterocycles. The number of aryl methyl sites for hydroxylation is 4. The molecule has 0 atom stereocenters. The molecule has 12 aromatic rings. The van der Waals surface area contributed by atoms with E-state index in [-0.39, 0.29) is 90.4 Å². The van der Waals surface area contributed by atoms with Gasteiger partial charge in [-0.3, -0.25) is 67.5 Å². The quantitative estimate of drug-likeness (QED) is 0.0810. The normalized spacial score (nSPS) is 13.7. The van der Waals surface area contributed by atoms with Gasteiger partial charge in [0.15, 0.2) is 11.9 Å². The summed E-state index contributed by atoms with van der Waals surface area (Å²) in [5.74, 6) is -3.97. The minimum atomic E-state index is -0.631. The van der Waals surface area contributed by atoms with Gasteiger partial charge < -0.3 is 58.9 Å². The van der Waals surface area contributed by atoms with E-state index in [0.29, 0.717) is 123 Å². The maximum absolute atomic E-state index is 13.3. The molecular weight excluding hydrogens is 1360 g/mol. The second kappa shape index (κ2) is 30.4. The van der Waals surface area contributed by atoms with E-state index >= 15 is 0 Å². The lowest BCUT2D eigenvalue weighted by Crippen LogP contribution is -2.52. The Bertz CT molecular complexity index is 5380. The van der Waals surface area contributed by atoms with Crippen LogP contribution in [-0.4, -0.2) is 215 Å². The highest BCUT2D eigenvalue weighted by Crippen LogP contribution is 2.33. The Balaban J connectivity index is 0.000000141. The number of hydrogen-bond acceptors (Lipinski definition) is 17. The van der Waals surface area contributed by atoms with Crippen molar-refractivity contribution in [2.75, 3.05) is 78.5 Å². The van der Waals surface area contributed by atoms with E-state index in [1.807, 2.05) is 75.4 Å². The highest BCUT2D eigenvalue weighted by atomic mass is 16.2. The van der Waals surface area contributed by atoms with Gasteiger partial charge >= 0.3 is 0 Å². The summed E-state index contributed by atoms with van der Waals surface area (Å²) in [5.41, 5.74) is 8.53. The van der Waals surface area contributed by atoms with Crippen molar-refractivity contribution < 1.29 is 48.1 Å². The van der Waals surface area contributed by atoms with Crippen LogP contribution in [0, 0.1) is 20.8 Å². The number of aromatic nitrogens is 12. The summed E-state index contributed by atoms with van der Waals surface area (Å²) in [6, 6.07) is 27.0. The smallest absolute Gasteiger partial charge is 0.295 e. The van der Waals surface area contributed by atoms with Crippen molar-refractivity contribution in [3.8, 4) is 34.2 Å². The fourth-order valence-corrected chi connectivity index (χ4v) is 13.1. The number of piperazine rings is 3. The number of nitrogens with one attached hydrogen (secondary N) is 6. The molecule has 534 valence electrons. The molecule has 3 fully saturated rings. The highest BCUT2D eigenvalue weighted by Gasteiger charge is 2.35. The molecule has 15 rings (SSSR count). The summed E-state index contributed by atoms with van der Waals surface area (Å²) in [6.07, 6.45) is 17.5. The van der Waals surface area contributed by atoms with Crippen molar-refractivity contribution in [1.29, 1.82) is 0 Å². The van der Waals surface area contributed by atoms with E-state index in [1.165, 1.54) is 56.4 Å². The molecule has 0 radical (unpaired) electrons. The Kier molecular flexibility index (Phi) is 20.3. The fraction of sp³-hybridized carbons (Fsp3) is 0.211. The zero-order chi connectivity index (χ0) is 74.4. The molecule has 3 aliphatic rings. The molecule has 0 aliphatic carbocycles. The number of Topliss-reactive ketones (excluding diaryl/α,β-unsaturated/α-hetero) is 3. The number of benzene rings is 3. The lowest BCUT2D eigenvalue weighted by atomic mass is 10.0. The number of fused-ring (bicyclic) bond motifs is 3. The molecule has 0 bridgehead atoms. The Morgan fingerprint density at radius 1 is 0.368 bits per heavy atom. The maximum atomic E-state index is 13.3. The number of aromatic amines is 6. The molecule has 0 saturated carbocycles. The molecule has 30 nitrogen and oxygen atoms in total. The molecule has 3 aromatic carbocycles. The number of nitrogens with zero attached hydrogens (tertiary/aromatic N) is 12. The van der Waals surface area contributed by atoms with Crippen molar-refractivity contribution in [3.05, 3.63) is 246 Å². The van der Waals surface area contributed by atoms with Crippen LogP contribution in [-0.2, 0) is 21.4 Å². The van der Waals surface area contributed by atoms with Gasteiger partial charge in [0.1, 0.15) is 28.3 Å². The summed E-state index contributed by atoms with van der Waals surface area (Å²) in [7, 11) is 1.63. The van der Waals surface area contributed by atoms with Crippen LogP contribution in [0.5, 0.6) is 0 Å².